The number of pyridine rings is 1. The van der Waals surface area contributed by atoms with Crippen LogP contribution in [0.2, 0.25) is 10.0 Å². The Morgan fingerprint density at radius 1 is 1.10 bits per heavy atom. The number of halogens is 2. The fraction of sp³-hybridized carbons (Fsp3) is 0.385. The lowest BCUT2D eigenvalue weighted by Gasteiger charge is -2.39. The predicted octanol–water partition coefficient (Wildman–Crippen LogP) is 3.33. The normalized spacial score (nSPS) is 19.1. The standard InChI is InChI=1S/C26H28Cl2N6O5/c1-5-20(35)30-16-11-39-12-17(16)32-26-29-8-13-6-15(21-22(27)18(37-3)7-19(38-4)23(21)28)31-25(24(13)33-26)34-9-14(10-34)36-2/h5-8,14,16-17H,1,9-12H2,2-4H3,(H,30,35)(H,29,32,33)/t16-,17+/m0/s1. The molecule has 2 atom stereocenters. The van der Waals surface area contributed by atoms with Gasteiger partial charge in [-0.3, -0.25) is 4.79 Å². The van der Waals surface area contributed by atoms with Crippen molar-refractivity contribution in [1.29, 1.82) is 0 Å². The highest BCUT2D eigenvalue weighted by Gasteiger charge is 2.32. The van der Waals surface area contributed by atoms with Gasteiger partial charge in [-0.2, -0.15) is 0 Å². The summed E-state index contributed by atoms with van der Waals surface area (Å²) in [5, 5.41) is 7.51. The molecule has 4 heterocycles. The smallest absolute Gasteiger partial charge is 0.243 e. The van der Waals surface area contributed by atoms with E-state index in [1.54, 1.807) is 19.4 Å². The summed E-state index contributed by atoms with van der Waals surface area (Å²) in [5.41, 5.74) is 1.64. The molecule has 206 valence electrons. The van der Waals surface area contributed by atoms with E-state index in [9.17, 15) is 4.79 Å². The van der Waals surface area contributed by atoms with E-state index >= 15 is 0 Å². The summed E-state index contributed by atoms with van der Waals surface area (Å²) in [6, 6.07) is 2.99. The third kappa shape index (κ3) is 5.27. The minimum Gasteiger partial charge on any atom is -0.495 e. The number of amides is 1. The molecule has 1 amide bonds. The number of nitrogens with zero attached hydrogens (tertiary/aromatic N) is 4. The van der Waals surface area contributed by atoms with Crippen molar-refractivity contribution in [3.63, 3.8) is 0 Å². The van der Waals surface area contributed by atoms with Gasteiger partial charge in [0.1, 0.15) is 17.0 Å². The van der Waals surface area contributed by atoms with Crippen LogP contribution in [0.3, 0.4) is 0 Å². The molecule has 0 bridgehead atoms. The van der Waals surface area contributed by atoms with Gasteiger partial charge in [-0.1, -0.05) is 29.8 Å². The number of benzene rings is 1. The first-order chi connectivity index (χ1) is 18.9. The zero-order valence-corrected chi connectivity index (χ0v) is 23.2. The van der Waals surface area contributed by atoms with Crippen molar-refractivity contribution in [3.05, 3.63) is 41.0 Å². The lowest BCUT2D eigenvalue weighted by molar-refractivity contribution is -0.117. The number of hydrogen-bond acceptors (Lipinski definition) is 10. The van der Waals surface area contributed by atoms with Crippen molar-refractivity contribution >= 4 is 51.8 Å². The first kappa shape index (κ1) is 27.2. The Hall–Kier alpha value is -3.38. The summed E-state index contributed by atoms with van der Waals surface area (Å²) in [6.45, 7) is 5.56. The topological polar surface area (TPSA) is 120 Å². The van der Waals surface area contributed by atoms with Crippen molar-refractivity contribution in [2.75, 3.05) is 57.8 Å². The Bertz CT molecular complexity index is 1390. The molecule has 13 heteroatoms. The molecule has 0 unspecified atom stereocenters. The highest BCUT2D eigenvalue weighted by atomic mass is 35.5. The van der Waals surface area contributed by atoms with Crippen LogP contribution in [0.1, 0.15) is 0 Å². The van der Waals surface area contributed by atoms with E-state index in [-0.39, 0.29) is 24.1 Å². The van der Waals surface area contributed by atoms with E-state index < -0.39 is 0 Å². The molecule has 11 nitrogen and oxygen atoms in total. The van der Waals surface area contributed by atoms with Gasteiger partial charge < -0.3 is 34.5 Å². The Morgan fingerprint density at radius 2 is 1.79 bits per heavy atom. The summed E-state index contributed by atoms with van der Waals surface area (Å²) in [5.74, 6) is 1.57. The number of ether oxygens (including phenoxy) is 4. The molecule has 2 aliphatic heterocycles. The van der Waals surface area contributed by atoms with Crippen LogP contribution in [0.5, 0.6) is 11.5 Å². The largest absolute Gasteiger partial charge is 0.495 e. The number of fused-ring (bicyclic) bond motifs is 1. The van der Waals surface area contributed by atoms with Crippen molar-refractivity contribution in [3.8, 4) is 22.8 Å². The first-order valence-corrected chi connectivity index (χ1v) is 13.0. The number of carbonyl (C=O) groups is 1. The molecule has 0 spiro atoms. The van der Waals surface area contributed by atoms with Crippen LogP contribution in [0.15, 0.2) is 31.0 Å². The van der Waals surface area contributed by atoms with Crippen molar-refractivity contribution in [2.24, 2.45) is 0 Å². The van der Waals surface area contributed by atoms with Gasteiger partial charge in [-0.15, -0.1) is 0 Å². The van der Waals surface area contributed by atoms with E-state index in [1.807, 2.05) is 6.07 Å². The second-order valence-corrected chi connectivity index (χ2v) is 9.87. The maximum Gasteiger partial charge on any atom is 0.243 e. The van der Waals surface area contributed by atoms with Crippen LogP contribution in [0.25, 0.3) is 22.2 Å². The molecule has 0 saturated carbocycles. The number of methoxy groups -OCH3 is 3. The molecule has 2 fully saturated rings. The number of aromatic nitrogens is 3. The molecule has 2 saturated heterocycles. The van der Waals surface area contributed by atoms with Crippen LogP contribution >= 0.6 is 23.2 Å². The molecule has 39 heavy (non-hydrogen) atoms. The summed E-state index contributed by atoms with van der Waals surface area (Å²) in [4.78, 5) is 28.2. The first-order valence-electron chi connectivity index (χ1n) is 12.2. The molecule has 5 rings (SSSR count). The fourth-order valence-electron chi connectivity index (χ4n) is 4.56. The van der Waals surface area contributed by atoms with E-state index in [0.29, 0.717) is 76.4 Å². The molecule has 3 aromatic rings. The number of carbonyl (C=O) groups excluding carboxylic acids is 1. The molecular weight excluding hydrogens is 547 g/mol. The number of hydrogen-bond donors (Lipinski definition) is 2. The lowest BCUT2D eigenvalue weighted by atomic mass is 10.1. The summed E-state index contributed by atoms with van der Waals surface area (Å²) < 4.78 is 21.9. The average Bonchev–Trinajstić information content (AvgIpc) is 3.34. The minimum atomic E-state index is -0.271. The molecule has 2 aliphatic rings. The summed E-state index contributed by atoms with van der Waals surface area (Å²) in [6.07, 6.45) is 3.02. The number of rotatable bonds is 9. The Kier molecular flexibility index (Phi) is 7.94. The zero-order valence-electron chi connectivity index (χ0n) is 21.7. The van der Waals surface area contributed by atoms with E-state index in [1.165, 1.54) is 20.3 Å². The van der Waals surface area contributed by atoms with Crippen LogP contribution in [0.4, 0.5) is 11.8 Å². The molecule has 1 aromatic carbocycles. The van der Waals surface area contributed by atoms with Gasteiger partial charge in [0.05, 0.1) is 61.4 Å². The van der Waals surface area contributed by atoms with Crippen LogP contribution in [0, 0.1) is 0 Å². The SMILES string of the molecule is C=CC(=O)N[C@H]1COC[C@H]1Nc1ncc2cc(-c3c(Cl)c(OC)cc(OC)c3Cl)nc(N3CC(OC)C3)c2n1. The third-order valence-electron chi connectivity index (χ3n) is 6.77. The highest BCUT2D eigenvalue weighted by Crippen LogP contribution is 2.46. The Morgan fingerprint density at radius 3 is 2.44 bits per heavy atom. The maximum atomic E-state index is 11.8. The third-order valence-corrected chi connectivity index (χ3v) is 7.52. The van der Waals surface area contributed by atoms with E-state index in [0.717, 1.165) is 5.39 Å². The second-order valence-electron chi connectivity index (χ2n) is 9.12. The zero-order chi connectivity index (χ0) is 27.7. The molecule has 2 N–H and O–H groups in total. The summed E-state index contributed by atoms with van der Waals surface area (Å²) in [7, 11) is 4.73. The lowest BCUT2D eigenvalue weighted by Crippen LogP contribution is -2.52. The van der Waals surface area contributed by atoms with Crippen LogP contribution in [-0.2, 0) is 14.3 Å². The van der Waals surface area contributed by atoms with Gasteiger partial charge >= 0.3 is 0 Å². The highest BCUT2D eigenvalue weighted by molar-refractivity contribution is 6.41. The van der Waals surface area contributed by atoms with Gasteiger partial charge in [-0.25, -0.2) is 15.0 Å². The Labute approximate surface area is 235 Å². The quantitative estimate of drug-likeness (QED) is 0.368. The molecule has 0 aliphatic carbocycles. The second kappa shape index (κ2) is 11.4. The van der Waals surface area contributed by atoms with E-state index in [4.69, 9.17) is 52.1 Å². The fourth-order valence-corrected chi connectivity index (χ4v) is 5.25. The van der Waals surface area contributed by atoms with Crippen LogP contribution in [-0.4, -0.2) is 86.7 Å². The van der Waals surface area contributed by atoms with Gasteiger partial charge in [0.15, 0.2) is 5.82 Å². The van der Waals surface area contributed by atoms with E-state index in [2.05, 4.69) is 27.1 Å². The molecular formula is C26H28Cl2N6O5. The number of nitrogens with one attached hydrogen (secondary N) is 2. The van der Waals surface area contributed by atoms with Crippen molar-refractivity contribution in [2.45, 2.75) is 18.2 Å². The van der Waals surface area contributed by atoms with Gasteiger partial charge in [-0.05, 0) is 12.1 Å². The molecule has 0 radical (unpaired) electrons. The number of anilines is 2. The average molecular weight is 575 g/mol. The minimum absolute atomic E-state index is 0.0823. The summed E-state index contributed by atoms with van der Waals surface area (Å²) >= 11 is 13.4. The maximum absolute atomic E-state index is 11.8. The Balaban J connectivity index is 1.57. The van der Waals surface area contributed by atoms with Crippen LogP contribution < -0.4 is 25.0 Å². The van der Waals surface area contributed by atoms with Gasteiger partial charge in [0, 0.05) is 43.4 Å². The predicted molar refractivity (Wildman–Crippen MR) is 149 cm³/mol. The van der Waals surface area contributed by atoms with Gasteiger partial charge in [0.25, 0.3) is 0 Å². The van der Waals surface area contributed by atoms with Crippen molar-refractivity contribution < 1.29 is 23.7 Å². The molecule has 2 aromatic heterocycles. The monoisotopic (exact) mass is 574 g/mol. The van der Waals surface area contributed by atoms with Crippen molar-refractivity contribution in [1.82, 2.24) is 20.3 Å². The van der Waals surface area contributed by atoms with Gasteiger partial charge in [0.2, 0.25) is 11.9 Å².